The molecule has 0 bridgehead atoms. The predicted octanol–water partition coefficient (Wildman–Crippen LogP) is 1.15. The molecule has 1 aliphatic heterocycles. The molecule has 0 saturated carbocycles. The van der Waals surface area contributed by atoms with Crippen LogP contribution in [0.3, 0.4) is 0 Å². The lowest BCUT2D eigenvalue weighted by atomic mass is 10.2. The number of hydrogen-bond acceptors (Lipinski definition) is 5. The fourth-order valence-electron chi connectivity index (χ4n) is 2.26. The molecule has 1 saturated heterocycles. The molecule has 6 nitrogen and oxygen atoms in total. The lowest BCUT2D eigenvalue weighted by Crippen LogP contribution is -2.14. The van der Waals surface area contributed by atoms with E-state index in [9.17, 15) is 0 Å². The first-order valence-corrected chi connectivity index (χ1v) is 6.55. The molecule has 1 unspecified atom stereocenters. The maximum Gasteiger partial charge on any atom is 0.192 e. The summed E-state index contributed by atoms with van der Waals surface area (Å²) < 4.78 is 0. The van der Waals surface area contributed by atoms with Crippen LogP contribution in [0.1, 0.15) is 24.7 Å². The molecule has 2 heterocycles. The minimum absolute atomic E-state index is 0.259. The van der Waals surface area contributed by atoms with Crippen LogP contribution in [0.5, 0.6) is 0 Å². The normalized spacial score (nSPS) is 18.7. The molecule has 1 N–H and O–H groups in total. The molecule has 1 aromatic heterocycles. The highest BCUT2D eigenvalue weighted by Gasteiger charge is 2.21. The standard InChI is InChI=1S/C13H18N6/c1-18(2)10-5-7-11(8-6-10)19-16-13(15-17-19)12-4-3-9-14-12/h5-8,12,14H,3-4,9H2,1-2H3. The van der Waals surface area contributed by atoms with E-state index in [1.54, 1.807) is 4.80 Å². The minimum Gasteiger partial charge on any atom is -0.378 e. The van der Waals surface area contributed by atoms with Gasteiger partial charge in [0.1, 0.15) is 0 Å². The van der Waals surface area contributed by atoms with E-state index in [0.29, 0.717) is 0 Å². The maximum atomic E-state index is 4.46. The van der Waals surface area contributed by atoms with E-state index in [1.165, 1.54) is 6.42 Å². The van der Waals surface area contributed by atoms with E-state index in [0.717, 1.165) is 30.2 Å². The van der Waals surface area contributed by atoms with Crippen LogP contribution in [0, 0.1) is 0 Å². The highest BCUT2D eigenvalue weighted by Crippen LogP contribution is 2.19. The van der Waals surface area contributed by atoms with E-state index < -0.39 is 0 Å². The highest BCUT2D eigenvalue weighted by atomic mass is 15.6. The van der Waals surface area contributed by atoms with Crippen LogP contribution in [0.25, 0.3) is 5.69 Å². The monoisotopic (exact) mass is 258 g/mol. The van der Waals surface area contributed by atoms with Crippen LogP contribution >= 0.6 is 0 Å². The Kier molecular flexibility index (Phi) is 3.16. The van der Waals surface area contributed by atoms with Crippen molar-refractivity contribution in [3.8, 4) is 5.69 Å². The van der Waals surface area contributed by atoms with Crippen molar-refractivity contribution in [1.29, 1.82) is 0 Å². The quantitative estimate of drug-likeness (QED) is 0.895. The molecule has 1 aliphatic rings. The molecule has 1 atom stereocenters. The number of aromatic nitrogens is 4. The molecule has 0 aliphatic carbocycles. The van der Waals surface area contributed by atoms with Gasteiger partial charge in [-0.1, -0.05) is 0 Å². The lowest BCUT2D eigenvalue weighted by molar-refractivity contribution is 0.602. The summed E-state index contributed by atoms with van der Waals surface area (Å²) in [7, 11) is 4.04. The van der Waals surface area contributed by atoms with Crippen LogP contribution < -0.4 is 10.2 Å². The third-order valence-corrected chi connectivity index (χ3v) is 3.40. The van der Waals surface area contributed by atoms with Gasteiger partial charge in [-0.2, -0.15) is 0 Å². The molecule has 1 aromatic carbocycles. The number of nitrogens with zero attached hydrogens (tertiary/aromatic N) is 5. The van der Waals surface area contributed by atoms with Crippen molar-refractivity contribution in [2.75, 3.05) is 25.5 Å². The number of tetrazole rings is 1. The second kappa shape index (κ2) is 4.97. The average Bonchev–Trinajstić information content (AvgIpc) is 3.10. The summed E-state index contributed by atoms with van der Waals surface area (Å²) in [5.41, 5.74) is 2.09. The van der Waals surface area contributed by atoms with Gasteiger partial charge in [0.25, 0.3) is 0 Å². The van der Waals surface area contributed by atoms with Gasteiger partial charge in [0.05, 0.1) is 11.7 Å². The number of nitrogens with one attached hydrogen (secondary N) is 1. The summed E-state index contributed by atoms with van der Waals surface area (Å²) in [5.74, 6) is 0.786. The van der Waals surface area contributed by atoms with Crippen LogP contribution in [0.15, 0.2) is 24.3 Å². The second-order valence-corrected chi connectivity index (χ2v) is 5.00. The smallest absolute Gasteiger partial charge is 0.192 e. The van der Waals surface area contributed by atoms with Gasteiger partial charge in [-0.15, -0.1) is 15.0 Å². The minimum atomic E-state index is 0.259. The second-order valence-electron chi connectivity index (χ2n) is 5.00. The highest BCUT2D eigenvalue weighted by molar-refractivity contribution is 5.49. The van der Waals surface area contributed by atoms with E-state index in [-0.39, 0.29) is 6.04 Å². The third-order valence-electron chi connectivity index (χ3n) is 3.40. The lowest BCUT2D eigenvalue weighted by Gasteiger charge is -2.12. The molecule has 6 heteroatoms. The Balaban J connectivity index is 1.81. The van der Waals surface area contributed by atoms with Gasteiger partial charge in [0, 0.05) is 19.8 Å². The van der Waals surface area contributed by atoms with Crippen LogP contribution in [0.2, 0.25) is 0 Å². The van der Waals surface area contributed by atoms with Crippen molar-refractivity contribution < 1.29 is 0 Å². The van der Waals surface area contributed by atoms with E-state index in [2.05, 4.69) is 25.6 Å². The van der Waals surface area contributed by atoms with Crippen molar-refractivity contribution in [3.63, 3.8) is 0 Å². The summed E-state index contributed by atoms with van der Waals surface area (Å²) >= 11 is 0. The van der Waals surface area contributed by atoms with Gasteiger partial charge >= 0.3 is 0 Å². The zero-order chi connectivity index (χ0) is 13.2. The van der Waals surface area contributed by atoms with Gasteiger partial charge in [0.15, 0.2) is 5.82 Å². The van der Waals surface area contributed by atoms with Gasteiger partial charge in [-0.3, -0.25) is 0 Å². The Bertz CT molecular complexity index is 539. The maximum absolute atomic E-state index is 4.46. The molecule has 3 rings (SSSR count). The summed E-state index contributed by atoms with van der Waals surface area (Å²) in [6.45, 7) is 1.04. The molecule has 19 heavy (non-hydrogen) atoms. The third kappa shape index (κ3) is 2.44. The molecule has 2 aromatic rings. The Hall–Kier alpha value is -1.95. The van der Waals surface area contributed by atoms with Crippen LogP contribution in [0.4, 0.5) is 5.69 Å². The van der Waals surface area contributed by atoms with Gasteiger partial charge < -0.3 is 10.2 Å². The Morgan fingerprint density at radius 3 is 2.68 bits per heavy atom. The largest absolute Gasteiger partial charge is 0.378 e. The van der Waals surface area contributed by atoms with Gasteiger partial charge in [-0.05, 0) is 48.9 Å². The molecular weight excluding hydrogens is 240 g/mol. The molecular formula is C13H18N6. The first kappa shape index (κ1) is 12.1. The Labute approximate surface area is 112 Å². The van der Waals surface area contributed by atoms with E-state index >= 15 is 0 Å². The Morgan fingerprint density at radius 1 is 1.26 bits per heavy atom. The average molecular weight is 258 g/mol. The summed E-state index contributed by atoms with van der Waals surface area (Å²) in [5, 5.41) is 16.1. The first-order valence-electron chi connectivity index (χ1n) is 6.55. The van der Waals surface area contributed by atoms with Gasteiger partial charge in [0.2, 0.25) is 0 Å². The molecule has 0 amide bonds. The van der Waals surface area contributed by atoms with Crippen molar-refractivity contribution >= 4 is 5.69 Å². The van der Waals surface area contributed by atoms with Crippen LogP contribution in [-0.2, 0) is 0 Å². The van der Waals surface area contributed by atoms with Crippen molar-refractivity contribution in [1.82, 2.24) is 25.5 Å². The van der Waals surface area contributed by atoms with Crippen molar-refractivity contribution in [2.24, 2.45) is 0 Å². The zero-order valence-electron chi connectivity index (χ0n) is 11.2. The zero-order valence-corrected chi connectivity index (χ0v) is 11.2. The first-order chi connectivity index (χ1) is 9.24. The predicted molar refractivity (Wildman–Crippen MR) is 73.5 cm³/mol. The van der Waals surface area contributed by atoms with E-state index in [1.807, 2.05) is 38.4 Å². The summed E-state index contributed by atoms with van der Waals surface area (Å²) in [6, 6.07) is 8.36. The van der Waals surface area contributed by atoms with Crippen molar-refractivity contribution in [2.45, 2.75) is 18.9 Å². The number of benzene rings is 1. The number of rotatable bonds is 3. The fraction of sp³-hybridized carbons (Fsp3) is 0.462. The number of hydrogen-bond donors (Lipinski definition) is 1. The fourth-order valence-corrected chi connectivity index (χ4v) is 2.26. The van der Waals surface area contributed by atoms with Gasteiger partial charge in [-0.25, -0.2) is 0 Å². The topological polar surface area (TPSA) is 58.9 Å². The summed E-state index contributed by atoms with van der Waals surface area (Å²) in [4.78, 5) is 3.65. The molecule has 0 spiro atoms. The molecule has 1 fully saturated rings. The SMILES string of the molecule is CN(C)c1ccc(-n2nnc(C3CCCN3)n2)cc1. The Morgan fingerprint density at radius 2 is 2.05 bits per heavy atom. The summed E-state index contributed by atoms with van der Waals surface area (Å²) in [6.07, 6.45) is 2.27. The van der Waals surface area contributed by atoms with Crippen LogP contribution in [-0.4, -0.2) is 40.8 Å². The van der Waals surface area contributed by atoms with E-state index in [4.69, 9.17) is 0 Å². The number of anilines is 1. The molecule has 0 radical (unpaired) electrons. The van der Waals surface area contributed by atoms with Crippen molar-refractivity contribution in [3.05, 3.63) is 30.1 Å². The molecule has 100 valence electrons.